The van der Waals surface area contributed by atoms with Gasteiger partial charge in [0.1, 0.15) is 0 Å². The lowest BCUT2D eigenvalue weighted by Gasteiger charge is -2.64. The first-order valence-corrected chi connectivity index (χ1v) is 9.42. The third kappa shape index (κ3) is 3.16. The molecule has 0 aromatic carbocycles. The zero-order valence-corrected chi connectivity index (χ0v) is 15.6. The van der Waals surface area contributed by atoms with E-state index in [0.717, 1.165) is 44.7 Å². The number of hydrogen-bond acceptors (Lipinski definition) is 2. The van der Waals surface area contributed by atoms with Crippen molar-refractivity contribution in [1.82, 2.24) is 10.6 Å². The van der Waals surface area contributed by atoms with Crippen molar-refractivity contribution >= 4 is 18.3 Å². The van der Waals surface area contributed by atoms with Crippen LogP contribution in [0.5, 0.6) is 0 Å². The second kappa shape index (κ2) is 5.91. The molecule has 5 rings (SSSR count). The van der Waals surface area contributed by atoms with E-state index in [1.54, 1.807) is 0 Å². The molecule has 0 radical (unpaired) electrons. The summed E-state index contributed by atoms with van der Waals surface area (Å²) in [5, 5.41) is 6.85. The average molecular weight is 341 g/mol. The number of halogens is 1. The van der Waals surface area contributed by atoms with Crippen molar-refractivity contribution < 1.29 is 4.79 Å². The number of hydrogen-bond donors (Lipinski definition) is 2. The van der Waals surface area contributed by atoms with Crippen LogP contribution in [0.2, 0.25) is 0 Å². The summed E-state index contributed by atoms with van der Waals surface area (Å²) >= 11 is 0. The van der Waals surface area contributed by atoms with Crippen LogP contribution in [0.25, 0.3) is 0 Å². The van der Waals surface area contributed by atoms with Crippen molar-refractivity contribution in [1.29, 1.82) is 0 Å². The Hall–Kier alpha value is -0.280. The van der Waals surface area contributed by atoms with Crippen molar-refractivity contribution in [3.63, 3.8) is 0 Å². The summed E-state index contributed by atoms with van der Waals surface area (Å²) in [6.07, 6.45) is 11.2. The van der Waals surface area contributed by atoms with Gasteiger partial charge in [-0.05, 0) is 81.1 Å². The standard InChI is InChI=1S/C19H32N2O.ClH/c1-17-8-14-9-18(2,11-17)13-19(10-14,12-17)16(22)21-7-5-15-4-3-6-20-15;/h14-15,20H,3-13H2,1-2H3,(H,21,22);1H/t14?,15-,17?,18?,19?;/m1./s1. The van der Waals surface area contributed by atoms with E-state index < -0.39 is 0 Å². The molecule has 3 nitrogen and oxygen atoms in total. The molecule has 2 unspecified atom stereocenters. The zero-order chi connectivity index (χ0) is 15.4. The number of carbonyl (C=O) groups excluding carboxylic acids is 1. The van der Waals surface area contributed by atoms with E-state index >= 15 is 0 Å². The van der Waals surface area contributed by atoms with Gasteiger partial charge in [0, 0.05) is 12.6 Å². The Bertz CT molecular complexity index is 456. The minimum absolute atomic E-state index is 0. The lowest BCUT2D eigenvalue weighted by atomic mass is 9.40. The normalized spacial score (nSPS) is 47.4. The van der Waals surface area contributed by atoms with Gasteiger partial charge in [-0.25, -0.2) is 0 Å². The van der Waals surface area contributed by atoms with E-state index in [9.17, 15) is 4.79 Å². The van der Waals surface area contributed by atoms with E-state index in [1.165, 1.54) is 32.1 Å². The summed E-state index contributed by atoms with van der Waals surface area (Å²) in [4.78, 5) is 13.0. The first-order valence-electron chi connectivity index (χ1n) is 9.42. The molecule has 4 aliphatic carbocycles. The summed E-state index contributed by atoms with van der Waals surface area (Å²) in [6.45, 7) is 6.90. The molecule has 23 heavy (non-hydrogen) atoms. The average Bonchev–Trinajstić information content (AvgIpc) is 2.87. The van der Waals surface area contributed by atoms with Gasteiger partial charge in [0.2, 0.25) is 5.91 Å². The maximum Gasteiger partial charge on any atom is 0.226 e. The monoisotopic (exact) mass is 340 g/mol. The maximum atomic E-state index is 13.0. The molecule has 1 aliphatic heterocycles. The maximum absolute atomic E-state index is 13.0. The molecule has 5 aliphatic rings. The van der Waals surface area contributed by atoms with E-state index in [1.807, 2.05) is 0 Å². The Balaban J connectivity index is 0.00000156. The second-order valence-electron chi connectivity index (χ2n) is 9.75. The SMILES string of the molecule is CC12CC3CC(C)(C1)CC(C(=O)NCC[C@H]1CCCN1)(C3)C2.Cl. The summed E-state index contributed by atoms with van der Waals surface area (Å²) in [5.41, 5.74) is 0.822. The van der Waals surface area contributed by atoms with Crippen LogP contribution in [0.4, 0.5) is 0 Å². The summed E-state index contributed by atoms with van der Waals surface area (Å²) < 4.78 is 0. The van der Waals surface area contributed by atoms with Gasteiger partial charge in [0.05, 0.1) is 5.41 Å². The largest absolute Gasteiger partial charge is 0.356 e. The van der Waals surface area contributed by atoms with Crippen molar-refractivity contribution in [2.24, 2.45) is 22.2 Å². The molecule has 0 aromatic heterocycles. The van der Waals surface area contributed by atoms with Gasteiger partial charge >= 0.3 is 0 Å². The van der Waals surface area contributed by atoms with Crippen LogP contribution in [0.15, 0.2) is 0 Å². The fraction of sp³-hybridized carbons (Fsp3) is 0.947. The van der Waals surface area contributed by atoms with Gasteiger partial charge in [-0.1, -0.05) is 13.8 Å². The number of rotatable bonds is 4. The van der Waals surface area contributed by atoms with Crippen LogP contribution >= 0.6 is 12.4 Å². The van der Waals surface area contributed by atoms with Gasteiger partial charge in [-0.3, -0.25) is 4.79 Å². The smallest absolute Gasteiger partial charge is 0.226 e. The number of carbonyl (C=O) groups is 1. The van der Waals surface area contributed by atoms with Gasteiger partial charge in [-0.2, -0.15) is 0 Å². The van der Waals surface area contributed by atoms with Gasteiger partial charge in [0.25, 0.3) is 0 Å². The van der Waals surface area contributed by atoms with Crippen molar-refractivity contribution in [3.8, 4) is 0 Å². The molecule has 1 saturated heterocycles. The van der Waals surface area contributed by atoms with Crippen LogP contribution in [0.1, 0.15) is 71.6 Å². The van der Waals surface area contributed by atoms with E-state index in [4.69, 9.17) is 0 Å². The Labute approximate surface area is 147 Å². The number of nitrogens with one attached hydrogen (secondary N) is 2. The molecular weight excluding hydrogens is 308 g/mol. The first-order chi connectivity index (χ1) is 10.4. The molecule has 1 amide bonds. The highest BCUT2D eigenvalue weighted by molar-refractivity contribution is 5.85. The summed E-state index contributed by atoms with van der Waals surface area (Å²) in [5.74, 6) is 1.18. The molecule has 4 saturated carbocycles. The molecular formula is C19H33ClN2O. The van der Waals surface area contributed by atoms with Crippen LogP contribution in [0, 0.1) is 22.2 Å². The molecule has 4 bridgehead atoms. The Morgan fingerprint density at radius 2 is 1.83 bits per heavy atom. The van der Waals surface area contributed by atoms with Crippen molar-refractivity contribution in [3.05, 3.63) is 0 Å². The highest BCUT2D eigenvalue weighted by Crippen LogP contribution is 2.69. The van der Waals surface area contributed by atoms with E-state index in [0.29, 0.717) is 22.8 Å². The lowest BCUT2D eigenvalue weighted by molar-refractivity contribution is -0.170. The fourth-order valence-electron chi connectivity index (χ4n) is 7.25. The van der Waals surface area contributed by atoms with E-state index in [-0.39, 0.29) is 17.8 Å². The van der Waals surface area contributed by atoms with Crippen LogP contribution in [-0.4, -0.2) is 25.0 Å². The third-order valence-electron chi connectivity index (χ3n) is 7.05. The predicted octanol–water partition coefficient (Wildman–Crippen LogP) is 3.66. The van der Waals surface area contributed by atoms with Crippen LogP contribution in [-0.2, 0) is 4.79 Å². The van der Waals surface area contributed by atoms with Gasteiger partial charge in [-0.15, -0.1) is 12.4 Å². The summed E-state index contributed by atoms with van der Waals surface area (Å²) in [6, 6.07) is 0.631. The molecule has 2 N–H and O–H groups in total. The van der Waals surface area contributed by atoms with Crippen molar-refractivity contribution in [2.75, 3.05) is 13.1 Å². The predicted molar refractivity (Wildman–Crippen MR) is 95.7 cm³/mol. The Kier molecular flexibility index (Phi) is 4.51. The fourth-order valence-corrected chi connectivity index (χ4v) is 7.25. The minimum atomic E-state index is -0.0357. The Morgan fingerprint density at radius 3 is 2.39 bits per heavy atom. The molecule has 4 heteroatoms. The van der Waals surface area contributed by atoms with Crippen molar-refractivity contribution in [2.45, 2.75) is 77.7 Å². The quantitative estimate of drug-likeness (QED) is 0.820. The zero-order valence-electron chi connectivity index (χ0n) is 14.7. The molecule has 0 spiro atoms. The molecule has 3 atom stereocenters. The third-order valence-corrected chi connectivity index (χ3v) is 7.05. The number of amides is 1. The molecule has 132 valence electrons. The van der Waals surface area contributed by atoms with Crippen LogP contribution in [0.3, 0.4) is 0 Å². The summed E-state index contributed by atoms with van der Waals surface area (Å²) in [7, 11) is 0. The van der Waals surface area contributed by atoms with E-state index in [2.05, 4.69) is 24.5 Å². The molecule has 1 heterocycles. The minimum Gasteiger partial charge on any atom is -0.356 e. The highest BCUT2D eigenvalue weighted by atomic mass is 35.5. The topological polar surface area (TPSA) is 41.1 Å². The Morgan fingerprint density at radius 1 is 1.13 bits per heavy atom. The molecule has 5 fully saturated rings. The highest BCUT2D eigenvalue weighted by Gasteiger charge is 2.62. The van der Waals surface area contributed by atoms with Crippen LogP contribution < -0.4 is 10.6 Å². The van der Waals surface area contributed by atoms with Gasteiger partial charge in [0.15, 0.2) is 0 Å². The second-order valence-corrected chi connectivity index (χ2v) is 9.75. The first kappa shape index (κ1) is 17.5. The van der Waals surface area contributed by atoms with Gasteiger partial charge < -0.3 is 10.6 Å². The molecule has 0 aromatic rings. The lowest BCUT2D eigenvalue weighted by Crippen LogP contribution is -2.60.